The number of nitrogens with zero attached hydrogens (tertiary/aromatic N) is 1. The van der Waals surface area contributed by atoms with Gasteiger partial charge in [0.2, 0.25) is 0 Å². The van der Waals surface area contributed by atoms with Crippen LogP contribution < -0.4 is 20.3 Å². The first kappa shape index (κ1) is 16.6. The van der Waals surface area contributed by atoms with Crippen LogP contribution in [0.4, 0.5) is 0 Å². The third-order valence-electron chi connectivity index (χ3n) is 3.95. The Labute approximate surface area is 141 Å². The average molecular weight is 333 g/mol. The highest BCUT2D eigenvalue weighted by molar-refractivity contribution is 5.79. The number of hydrogen-bond acceptors (Lipinski definition) is 6. The lowest BCUT2D eigenvalue weighted by Crippen LogP contribution is -2.46. The second kappa shape index (κ2) is 8.03. The Morgan fingerprint density at radius 1 is 1.12 bits per heavy atom. The minimum atomic E-state index is -0.0752. The number of fused-ring (bicyclic) bond motifs is 1. The molecule has 0 aliphatic carbocycles. The Balaban J connectivity index is 1.55. The zero-order chi connectivity index (χ0) is 16.8. The molecule has 7 heteroatoms. The van der Waals surface area contributed by atoms with Gasteiger partial charge in [-0.05, 0) is 25.1 Å². The standard InChI is InChI=1S/C17H23N3O4/c1-2-14(13-3-4-15-16(11-13)24-10-9-23-15)18-19-17(21)12-20-5-7-22-8-6-20/h2-4,11,18H,5-10,12H2,1H3,(H,19,21). The summed E-state index contributed by atoms with van der Waals surface area (Å²) in [6.07, 6.45) is 1.90. The number of allylic oxidation sites excluding steroid dienone is 1. The van der Waals surface area contributed by atoms with Crippen LogP contribution in [0.2, 0.25) is 0 Å². The molecule has 24 heavy (non-hydrogen) atoms. The number of benzene rings is 1. The van der Waals surface area contributed by atoms with Crippen LogP contribution in [-0.4, -0.2) is 56.9 Å². The van der Waals surface area contributed by atoms with Crippen LogP contribution in [0.5, 0.6) is 11.5 Å². The molecule has 0 saturated carbocycles. The molecule has 2 heterocycles. The first-order valence-electron chi connectivity index (χ1n) is 8.17. The van der Waals surface area contributed by atoms with Crippen molar-refractivity contribution >= 4 is 11.6 Å². The second-order valence-corrected chi connectivity index (χ2v) is 5.62. The van der Waals surface area contributed by atoms with E-state index in [1.165, 1.54) is 0 Å². The SMILES string of the molecule is CC=C(NNC(=O)CN1CCOCC1)c1ccc2c(c1)OCCO2. The molecule has 1 fully saturated rings. The molecule has 2 N–H and O–H groups in total. The lowest BCUT2D eigenvalue weighted by Gasteiger charge is -2.26. The molecule has 130 valence electrons. The Hall–Kier alpha value is -2.25. The van der Waals surface area contributed by atoms with Gasteiger partial charge in [0.05, 0.1) is 25.5 Å². The van der Waals surface area contributed by atoms with Crippen molar-refractivity contribution in [3.8, 4) is 11.5 Å². The van der Waals surface area contributed by atoms with Crippen LogP contribution in [0.25, 0.3) is 5.70 Å². The summed E-state index contributed by atoms with van der Waals surface area (Å²) >= 11 is 0. The molecule has 1 aromatic carbocycles. The van der Waals surface area contributed by atoms with Crippen molar-refractivity contribution < 1.29 is 19.0 Å². The van der Waals surface area contributed by atoms with Gasteiger partial charge in [0.25, 0.3) is 5.91 Å². The summed E-state index contributed by atoms with van der Waals surface area (Å²) in [5.41, 5.74) is 7.47. The van der Waals surface area contributed by atoms with Crippen molar-refractivity contribution in [2.45, 2.75) is 6.92 Å². The Bertz CT molecular complexity index is 612. The highest BCUT2D eigenvalue weighted by Crippen LogP contribution is 2.32. The summed E-state index contributed by atoms with van der Waals surface area (Å²) in [4.78, 5) is 14.1. The van der Waals surface area contributed by atoms with Gasteiger partial charge >= 0.3 is 0 Å². The molecule has 1 saturated heterocycles. The van der Waals surface area contributed by atoms with Gasteiger partial charge in [-0.25, -0.2) is 0 Å². The molecule has 0 bridgehead atoms. The molecule has 7 nitrogen and oxygen atoms in total. The molecule has 1 amide bonds. The van der Waals surface area contributed by atoms with Gasteiger partial charge in [-0.2, -0.15) is 0 Å². The third kappa shape index (κ3) is 4.18. The molecular weight excluding hydrogens is 310 g/mol. The predicted molar refractivity (Wildman–Crippen MR) is 89.6 cm³/mol. The Morgan fingerprint density at radius 3 is 2.62 bits per heavy atom. The highest BCUT2D eigenvalue weighted by atomic mass is 16.6. The number of carbonyl (C=O) groups is 1. The summed E-state index contributed by atoms with van der Waals surface area (Å²) in [6, 6.07) is 5.72. The van der Waals surface area contributed by atoms with Gasteiger partial charge in [-0.1, -0.05) is 6.08 Å². The summed E-state index contributed by atoms with van der Waals surface area (Å²) < 4.78 is 16.4. The van der Waals surface area contributed by atoms with E-state index in [-0.39, 0.29) is 5.91 Å². The van der Waals surface area contributed by atoms with Crippen LogP contribution in [0.15, 0.2) is 24.3 Å². The lowest BCUT2D eigenvalue weighted by molar-refractivity contribution is -0.123. The minimum absolute atomic E-state index is 0.0752. The number of carbonyl (C=O) groups excluding carboxylic acids is 1. The molecule has 0 unspecified atom stereocenters. The molecule has 0 aromatic heterocycles. The van der Waals surface area contributed by atoms with Gasteiger partial charge in [-0.3, -0.25) is 20.5 Å². The van der Waals surface area contributed by atoms with E-state index < -0.39 is 0 Å². The van der Waals surface area contributed by atoms with Crippen molar-refractivity contribution in [3.63, 3.8) is 0 Å². The van der Waals surface area contributed by atoms with E-state index in [9.17, 15) is 4.79 Å². The quantitative estimate of drug-likeness (QED) is 0.776. The number of nitrogens with one attached hydrogen (secondary N) is 2. The third-order valence-corrected chi connectivity index (χ3v) is 3.95. The monoisotopic (exact) mass is 333 g/mol. The van der Waals surface area contributed by atoms with E-state index in [1.807, 2.05) is 31.2 Å². The molecule has 3 rings (SSSR count). The fourth-order valence-corrected chi connectivity index (χ4v) is 2.66. The molecule has 0 radical (unpaired) electrons. The molecule has 0 spiro atoms. The largest absolute Gasteiger partial charge is 0.486 e. The minimum Gasteiger partial charge on any atom is -0.486 e. The molecular formula is C17H23N3O4. The number of rotatable bonds is 5. The smallest absolute Gasteiger partial charge is 0.252 e. The topological polar surface area (TPSA) is 72.1 Å². The maximum atomic E-state index is 12.1. The average Bonchev–Trinajstić information content (AvgIpc) is 2.63. The Kier molecular flexibility index (Phi) is 5.55. The van der Waals surface area contributed by atoms with Gasteiger partial charge < -0.3 is 14.2 Å². The van der Waals surface area contributed by atoms with Crippen molar-refractivity contribution in [1.82, 2.24) is 15.8 Å². The highest BCUT2D eigenvalue weighted by Gasteiger charge is 2.15. The molecule has 2 aliphatic heterocycles. The van der Waals surface area contributed by atoms with Gasteiger partial charge in [0.15, 0.2) is 11.5 Å². The van der Waals surface area contributed by atoms with E-state index in [0.717, 1.165) is 35.8 Å². The molecule has 0 atom stereocenters. The number of amides is 1. The van der Waals surface area contributed by atoms with Crippen molar-refractivity contribution in [3.05, 3.63) is 29.8 Å². The van der Waals surface area contributed by atoms with Crippen LogP contribution >= 0.6 is 0 Å². The van der Waals surface area contributed by atoms with E-state index in [1.54, 1.807) is 0 Å². The summed E-state index contributed by atoms with van der Waals surface area (Å²) in [5.74, 6) is 1.39. The summed E-state index contributed by atoms with van der Waals surface area (Å²) in [6.45, 7) is 6.31. The maximum Gasteiger partial charge on any atom is 0.252 e. The first-order chi connectivity index (χ1) is 11.8. The van der Waals surface area contributed by atoms with Gasteiger partial charge in [0.1, 0.15) is 13.2 Å². The van der Waals surface area contributed by atoms with Crippen LogP contribution in [0.3, 0.4) is 0 Å². The van der Waals surface area contributed by atoms with E-state index in [2.05, 4.69) is 15.8 Å². The Morgan fingerprint density at radius 2 is 1.88 bits per heavy atom. The second-order valence-electron chi connectivity index (χ2n) is 5.62. The van der Waals surface area contributed by atoms with Crippen LogP contribution in [0, 0.1) is 0 Å². The maximum absolute atomic E-state index is 12.1. The zero-order valence-electron chi connectivity index (χ0n) is 13.8. The van der Waals surface area contributed by atoms with Gasteiger partial charge in [0, 0.05) is 18.7 Å². The van der Waals surface area contributed by atoms with E-state index >= 15 is 0 Å². The van der Waals surface area contributed by atoms with Crippen LogP contribution in [0.1, 0.15) is 12.5 Å². The van der Waals surface area contributed by atoms with Gasteiger partial charge in [-0.15, -0.1) is 0 Å². The summed E-state index contributed by atoms with van der Waals surface area (Å²) in [7, 11) is 0. The van der Waals surface area contributed by atoms with Crippen molar-refractivity contribution in [1.29, 1.82) is 0 Å². The number of ether oxygens (including phenoxy) is 3. The molecule has 1 aromatic rings. The predicted octanol–water partition coefficient (Wildman–Crippen LogP) is 0.772. The van der Waals surface area contributed by atoms with Crippen molar-refractivity contribution in [2.24, 2.45) is 0 Å². The normalized spacial score (nSPS) is 18.1. The van der Waals surface area contributed by atoms with Crippen LogP contribution in [-0.2, 0) is 9.53 Å². The fraction of sp³-hybridized carbons (Fsp3) is 0.471. The molecule has 2 aliphatic rings. The number of morpholine rings is 1. The first-order valence-corrected chi connectivity index (χ1v) is 8.17. The van der Waals surface area contributed by atoms with E-state index in [4.69, 9.17) is 14.2 Å². The summed E-state index contributed by atoms with van der Waals surface area (Å²) in [5, 5.41) is 0. The van der Waals surface area contributed by atoms with E-state index in [0.29, 0.717) is 33.0 Å². The van der Waals surface area contributed by atoms with Crippen molar-refractivity contribution in [2.75, 3.05) is 46.1 Å². The number of hydrogen-bond donors (Lipinski definition) is 2. The zero-order valence-corrected chi connectivity index (χ0v) is 13.8. The number of hydrazine groups is 1. The fourth-order valence-electron chi connectivity index (χ4n) is 2.66. The lowest BCUT2D eigenvalue weighted by atomic mass is 10.1.